The maximum Gasteiger partial charge on any atom is 0.164 e. The highest BCUT2D eigenvalue weighted by Gasteiger charge is 2.45. The molecule has 1 saturated carbocycles. The van der Waals surface area contributed by atoms with Gasteiger partial charge in [-0.25, -0.2) is 0 Å². The van der Waals surface area contributed by atoms with Crippen molar-refractivity contribution < 1.29 is 9.47 Å². The van der Waals surface area contributed by atoms with Gasteiger partial charge < -0.3 is 9.47 Å². The molecule has 2 fully saturated rings. The highest BCUT2D eigenvalue weighted by atomic mass is 35.5. The highest BCUT2D eigenvalue weighted by Crippen LogP contribution is 2.42. The minimum absolute atomic E-state index is 0.0285. The van der Waals surface area contributed by atoms with Crippen LogP contribution in [0.3, 0.4) is 0 Å². The van der Waals surface area contributed by atoms with Gasteiger partial charge in [0.25, 0.3) is 0 Å². The van der Waals surface area contributed by atoms with Gasteiger partial charge in [-0.2, -0.15) is 0 Å². The molecule has 0 amide bonds. The topological polar surface area (TPSA) is 18.5 Å². The normalized spacial score (nSPS) is 38.9. The summed E-state index contributed by atoms with van der Waals surface area (Å²) in [6, 6.07) is 0. The standard InChI is InChI=1S/C16H25ClO2/c1-16(2)18-14-10-12(9-13(17)15(14)19-16)8-11-6-4-3-5-7-11/h9,11-12,14-15H,3-8,10H2,1-2H3. The Labute approximate surface area is 121 Å². The number of rotatable bonds is 2. The van der Waals surface area contributed by atoms with Crippen molar-refractivity contribution in [3.8, 4) is 0 Å². The van der Waals surface area contributed by atoms with Crippen LogP contribution in [0.1, 0.15) is 58.8 Å². The molecule has 3 atom stereocenters. The van der Waals surface area contributed by atoms with Crippen LogP contribution in [-0.4, -0.2) is 18.0 Å². The summed E-state index contributed by atoms with van der Waals surface area (Å²) in [5.41, 5.74) is 0. The molecule has 108 valence electrons. The van der Waals surface area contributed by atoms with Crippen molar-refractivity contribution >= 4 is 11.6 Å². The second-order valence-electron chi connectivity index (χ2n) is 6.88. The summed E-state index contributed by atoms with van der Waals surface area (Å²) in [5.74, 6) is 0.990. The average Bonchev–Trinajstić information content (AvgIpc) is 2.65. The van der Waals surface area contributed by atoms with Gasteiger partial charge in [-0.05, 0) is 38.5 Å². The fraction of sp³-hybridized carbons (Fsp3) is 0.875. The summed E-state index contributed by atoms with van der Waals surface area (Å²) in [6.07, 6.45) is 11.8. The van der Waals surface area contributed by atoms with Crippen molar-refractivity contribution in [1.29, 1.82) is 0 Å². The van der Waals surface area contributed by atoms with Crippen LogP contribution in [0.4, 0.5) is 0 Å². The SMILES string of the molecule is CC1(C)OC2CC(CC3CCCCC3)C=C(Cl)C2O1. The van der Waals surface area contributed by atoms with E-state index in [0.29, 0.717) is 5.92 Å². The van der Waals surface area contributed by atoms with Crippen molar-refractivity contribution in [3.05, 3.63) is 11.1 Å². The van der Waals surface area contributed by atoms with E-state index in [0.717, 1.165) is 17.4 Å². The Morgan fingerprint density at radius 1 is 1.21 bits per heavy atom. The molecule has 3 aliphatic rings. The van der Waals surface area contributed by atoms with Crippen molar-refractivity contribution in [2.75, 3.05) is 0 Å². The molecule has 3 unspecified atom stereocenters. The van der Waals surface area contributed by atoms with Gasteiger partial charge in [-0.1, -0.05) is 49.8 Å². The fourth-order valence-corrected chi connectivity index (χ4v) is 4.31. The first kappa shape index (κ1) is 13.9. The lowest BCUT2D eigenvalue weighted by atomic mass is 9.79. The zero-order valence-electron chi connectivity index (χ0n) is 12.0. The molecule has 1 saturated heterocycles. The maximum absolute atomic E-state index is 6.41. The van der Waals surface area contributed by atoms with E-state index in [4.69, 9.17) is 21.1 Å². The van der Waals surface area contributed by atoms with E-state index in [9.17, 15) is 0 Å². The molecule has 3 rings (SSSR count). The smallest absolute Gasteiger partial charge is 0.164 e. The molecule has 1 heterocycles. The third-order valence-corrected chi connectivity index (χ3v) is 5.09. The summed E-state index contributed by atoms with van der Waals surface area (Å²) in [5, 5.41) is 0.864. The number of fused-ring (bicyclic) bond motifs is 1. The van der Waals surface area contributed by atoms with Crippen molar-refractivity contribution in [2.24, 2.45) is 11.8 Å². The van der Waals surface area contributed by atoms with Crippen LogP contribution in [0.2, 0.25) is 0 Å². The number of allylic oxidation sites excluding steroid dienone is 1. The fourth-order valence-electron chi connectivity index (χ4n) is 3.94. The van der Waals surface area contributed by atoms with Gasteiger partial charge in [0.05, 0.1) is 6.10 Å². The molecule has 2 aliphatic carbocycles. The van der Waals surface area contributed by atoms with E-state index in [-0.39, 0.29) is 12.2 Å². The van der Waals surface area contributed by atoms with Crippen LogP contribution >= 0.6 is 11.6 Å². The monoisotopic (exact) mass is 284 g/mol. The molecule has 0 aromatic heterocycles. The van der Waals surface area contributed by atoms with Crippen LogP contribution in [0.5, 0.6) is 0 Å². The number of ether oxygens (including phenoxy) is 2. The lowest BCUT2D eigenvalue weighted by molar-refractivity contribution is -0.143. The van der Waals surface area contributed by atoms with E-state index < -0.39 is 5.79 Å². The molecule has 0 radical (unpaired) electrons. The van der Waals surface area contributed by atoms with Gasteiger partial charge >= 0.3 is 0 Å². The molecule has 0 spiro atoms. The highest BCUT2D eigenvalue weighted by molar-refractivity contribution is 6.30. The summed E-state index contributed by atoms with van der Waals surface area (Å²) >= 11 is 6.41. The number of halogens is 1. The Morgan fingerprint density at radius 3 is 2.68 bits per heavy atom. The van der Waals surface area contributed by atoms with Crippen LogP contribution in [-0.2, 0) is 9.47 Å². The first-order valence-corrected chi connectivity index (χ1v) is 8.14. The summed E-state index contributed by atoms with van der Waals surface area (Å²) in [4.78, 5) is 0. The molecule has 19 heavy (non-hydrogen) atoms. The molecule has 2 nitrogen and oxygen atoms in total. The minimum atomic E-state index is -0.483. The van der Waals surface area contributed by atoms with Gasteiger partial charge in [0, 0.05) is 5.03 Å². The van der Waals surface area contributed by atoms with Crippen LogP contribution in [0.15, 0.2) is 11.1 Å². The lowest BCUT2D eigenvalue weighted by Gasteiger charge is -2.30. The van der Waals surface area contributed by atoms with Crippen molar-refractivity contribution in [3.63, 3.8) is 0 Å². The number of hydrogen-bond donors (Lipinski definition) is 0. The van der Waals surface area contributed by atoms with E-state index in [1.807, 2.05) is 13.8 Å². The third-order valence-electron chi connectivity index (χ3n) is 4.75. The molecule has 0 aromatic carbocycles. The van der Waals surface area contributed by atoms with Crippen LogP contribution in [0.25, 0.3) is 0 Å². The van der Waals surface area contributed by atoms with E-state index in [1.165, 1.54) is 38.5 Å². The van der Waals surface area contributed by atoms with Gasteiger partial charge in [-0.15, -0.1) is 0 Å². The summed E-state index contributed by atoms with van der Waals surface area (Å²) < 4.78 is 11.9. The average molecular weight is 285 g/mol. The van der Waals surface area contributed by atoms with Gasteiger partial charge in [-0.3, -0.25) is 0 Å². The predicted molar refractivity (Wildman–Crippen MR) is 77.1 cm³/mol. The zero-order valence-corrected chi connectivity index (χ0v) is 12.8. The van der Waals surface area contributed by atoms with Gasteiger partial charge in [0.2, 0.25) is 0 Å². The zero-order chi connectivity index (χ0) is 13.5. The Hall–Kier alpha value is -0.0500. The number of hydrogen-bond acceptors (Lipinski definition) is 2. The Balaban J connectivity index is 1.63. The lowest BCUT2D eigenvalue weighted by Crippen LogP contribution is -2.30. The summed E-state index contributed by atoms with van der Waals surface area (Å²) in [6.45, 7) is 3.96. The van der Waals surface area contributed by atoms with Gasteiger partial charge in [0.15, 0.2) is 5.79 Å². The molecule has 1 aliphatic heterocycles. The first-order valence-electron chi connectivity index (χ1n) is 7.76. The molecule has 0 aromatic rings. The van der Waals surface area contributed by atoms with Crippen LogP contribution in [0, 0.1) is 11.8 Å². The Kier molecular flexibility index (Phi) is 3.94. The van der Waals surface area contributed by atoms with Crippen molar-refractivity contribution in [2.45, 2.75) is 76.8 Å². The van der Waals surface area contributed by atoms with E-state index in [1.54, 1.807) is 0 Å². The second-order valence-corrected chi connectivity index (χ2v) is 7.32. The molecule has 3 heteroatoms. The maximum atomic E-state index is 6.41. The predicted octanol–water partition coefficient (Wildman–Crippen LogP) is 4.62. The quantitative estimate of drug-likeness (QED) is 0.737. The Morgan fingerprint density at radius 2 is 1.95 bits per heavy atom. The Bertz CT molecular complexity index is 358. The van der Waals surface area contributed by atoms with Gasteiger partial charge in [0.1, 0.15) is 6.10 Å². The third kappa shape index (κ3) is 3.17. The van der Waals surface area contributed by atoms with E-state index in [2.05, 4.69) is 6.08 Å². The van der Waals surface area contributed by atoms with Crippen molar-refractivity contribution in [1.82, 2.24) is 0 Å². The molecular formula is C16H25ClO2. The minimum Gasteiger partial charge on any atom is -0.344 e. The largest absolute Gasteiger partial charge is 0.344 e. The van der Waals surface area contributed by atoms with Crippen LogP contribution < -0.4 is 0 Å². The molecule has 0 N–H and O–H groups in total. The van der Waals surface area contributed by atoms with E-state index >= 15 is 0 Å². The second kappa shape index (κ2) is 5.38. The molecule has 0 bridgehead atoms. The first-order chi connectivity index (χ1) is 9.03. The molecular weight excluding hydrogens is 260 g/mol. The summed E-state index contributed by atoms with van der Waals surface area (Å²) in [7, 11) is 0.